The summed E-state index contributed by atoms with van der Waals surface area (Å²) < 4.78 is 0. The van der Waals surface area contributed by atoms with Crippen molar-refractivity contribution in [1.82, 2.24) is 15.3 Å². The zero-order valence-corrected chi connectivity index (χ0v) is 19.9. The summed E-state index contributed by atoms with van der Waals surface area (Å²) in [5.74, 6) is -0.0709. The van der Waals surface area contributed by atoms with Crippen LogP contribution in [0.25, 0.3) is 0 Å². The molecule has 0 aliphatic carbocycles. The van der Waals surface area contributed by atoms with Gasteiger partial charge < -0.3 is 20.5 Å². The molecule has 1 amide bonds. The lowest BCUT2D eigenvalue weighted by Gasteiger charge is -2.28. The van der Waals surface area contributed by atoms with Gasteiger partial charge in [-0.15, -0.1) is 0 Å². The molecule has 4 rings (SSSR count). The van der Waals surface area contributed by atoms with Crippen molar-refractivity contribution >= 4 is 34.6 Å². The summed E-state index contributed by atoms with van der Waals surface area (Å²) in [6.07, 6.45) is 1.81. The molecule has 3 aromatic rings. The number of nitrogens with one attached hydrogen (secondary N) is 3. The normalized spacial score (nSPS) is 18.2. The van der Waals surface area contributed by atoms with Crippen LogP contribution in [0.2, 0.25) is 0 Å². The number of amides is 1. The summed E-state index contributed by atoms with van der Waals surface area (Å²) in [5.41, 5.74) is 7.13. The molecule has 0 spiro atoms. The summed E-state index contributed by atoms with van der Waals surface area (Å²) >= 11 is 5.81. The highest BCUT2D eigenvalue weighted by molar-refractivity contribution is 7.80. The Labute approximate surface area is 194 Å². The minimum atomic E-state index is -0.0850. The predicted octanol–water partition coefficient (Wildman–Crippen LogP) is 5.11. The Hall–Kier alpha value is -3.19. The van der Waals surface area contributed by atoms with Gasteiger partial charge in [-0.1, -0.05) is 19.9 Å². The molecule has 1 saturated heterocycles. The molecule has 0 saturated carbocycles. The number of H-pyrrole nitrogens is 1. The number of aromatic nitrogens is 2. The number of thiocarbonyl (C=S) groups is 1. The van der Waals surface area contributed by atoms with Gasteiger partial charge in [-0.2, -0.15) is 0 Å². The summed E-state index contributed by atoms with van der Waals surface area (Å²) in [5, 5.41) is 7.16. The Kier molecular flexibility index (Phi) is 6.02. The highest BCUT2D eigenvalue weighted by atomic mass is 32.1. The number of rotatable bonds is 5. The van der Waals surface area contributed by atoms with Crippen LogP contribution in [0, 0.1) is 26.7 Å². The first kappa shape index (κ1) is 22.0. The maximum atomic E-state index is 12.2. The van der Waals surface area contributed by atoms with E-state index < -0.39 is 0 Å². The Morgan fingerprint density at radius 3 is 2.53 bits per heavy atom. The van der Waals surface area contributed by atoms with Gasteiger partial charge in [0.05, 0.1) is 17.8 Å². The number of anilines is 2. The number of carbonyl (C=O) groups excluding carboxylic acids is 1. The van der Waals surface area contributed by atoms with E-state index in [1.54, 1.807) is 0 Å². The van der Waals surface area contributed by atoms with Crippen LogP contribution < -0.4 is 15.5 Å². The fourth-order valence-electron chi connectivity index (χ4n) is 4.22. The minimum absolute atomic E-state index is 0.00530. The van der Waals surface area contributed by atoms with Crippen molar-refractivity contribution in [3.63, 3.8) is 0 Å². The van der Waals surface area contributed by atoms with Gasteiger partial charge in [0, 0.05) is 34.9 Å². The second kappa shape index (κ2) is 8.74. The number of pyridine rings is 1. The van der Waals surface area contributed by atoms with Crippen LogP contribution in [0.3, 0.4) is 0 Å². The van der Waals surface area contributed by atoms with Gasteiger partial charge in [0.15, 0.2) is 5.11 Å². The molecule has 7 heteroatoms. The van der Waals surface area contributed by atoms with E-state index in [0.717, 1.165) is 34.0 Å². The van der Waals surface area contributed by atoms with Crippen molar-refractivity contribution in [2.75, 3.05) is 10.2 Å². The lowest BCUT2D eigenvalue weighted by atomic mass is 9.96. The molecule has 0 radical (unpaired) electrons. The summed E-state index contributed by atoms with van der Waals surface area (Å²) in [6.45, 7) is 9.93. The van der Waals surface area contributed by atoms with E-state index in [1.165, 1.54) is 5.56 Å². The largest absolute Gasteiger partial charge is 0.362 e. The van der Waals surface area contributed by atoms with E-state index in [1.807, 2.05) is 57.3 Å². The summed E-state index contributed by atoms with van der Waals surface area (Å²) in [7, 11) is 0. The van der Waals surface area contributed by atoms with Crippen LogP contribution in [0.1, 0.15) is 54.1 Å². The van der Waals surface area contributed by atoms with E-state index in [4.69, 9.17) is 12.2 Å². The maximum absolute atomic E-state index is 12.2. The molecular weight excluding hydrogens is 418 g/mol. The summed E-state index contributed by atoms with van der Waals surface area (Å²) in [6, 6.07) is 14.0. The number of hydrogen-bond donors (Lipinski definition) is 3. The average Bonchev–Trinajstić information content (AvgIpc) is 3.27. The third-order valence-corrected chi connectivity index (χ3v) is 6.19. The molecule has 1 aliphatic heterocycles. The molecule has 32 heavy (non-hydrogen) atoms. The molecule has 1 fully saturated rings. The Morgan fingerprint density at radius 1 is 1.16 bits per heavy atom. The van der Waals surface area contributed by atoms with Gasteiger partial charge in [0.2, 0.25) is 5.91 Å². The molecule has 0 bridgehead atoms. The molecule has 1 aliphatic rings. The van der Waals surface area contributed by atoms with Crippen LogP contribution >= 0.6 is 12.2 Å². The lowest BCUT2D eigenvalue weighted by Crippen LogP contribution is -2.29. The van der Waals surface area contributed by atoms with Crippen LogP contribution in [-0.2, 0) is 4.79 Å². The van der Waals surface area contributed by atoms with Crippen LogP contribution in [0.5, 0.6) is 0 Å². The number of nitrogens with zero attached hydrogens (tertiary/aromatic N) is 2. The van der Waals surface area contributed by atoms with Crippen molar-refractivity contribution in [3.05, 3.63) is 76.9 Å². The molecule has 166 valence electrons. The molecule has 2 aromatic heterocycles. The Balaban J connectivity index is 1.76. The van der Waals surface area contributed by atoms with Crippen molar-refractivity contribution in [1.29, 1.82) is 0 Å². The molecule has 2 atom stereocenters. The standard InChI is InChI=1S/C25H29N5OS/c1-14(2)24(31)28-20-10-9-18(12-15(20)3)30-23(19-13-16(4)27-17(19)5)22(29-25(30)32)21-8-6-7-11-26-21/h6-14,22-23,27H,1-5H3,(H,28,31)(H,29,32)/t22-,23+/m0/s1. The highest BCUT2D eigenvalue weighted by Gasteiger charge is 2.41. The van der Waals surface area contributed by atoms with Gasteiger partial charge in [-0.25, -0.2) is 0 Å². The van der Waals surface area contributed by atoms with E-state index in [9.17, 15) is 4.79 Å². The topological polar surface area (TPSA) is 73.1 Å². The molecular formula is C25H29N5OS. The molecule has 0 unspecified atom stereocenters. The molecule has 1 aromatic carbocycles. The van der Waals surface area contributed by atoms with Crippen molar-refractivity contribution < 1.29 is 4.79 Å². The third-order valence-electron chi connectivity index (χ3n) is 5.88. The number of aryl methyl sites for hydroxylation is 3. The quantitative estimate of drug-likeness (QED) is 0.474. The monoisotopic (exact) mass is 447 g/mol. The predicted molar refractivity (Wildman–Crippen MR) is 133 cm³/mol. The first-order chi connectivity index (χ1) is 15.3. The number of hydrogen-bond acceptors (Lipinski definition) is 3. The summed E-state index contributed by atoms with van der Waals surface area (Å²) in [4.78, 5) is 22.4. The van der Waals surface area contributed by atoms with E-state index in [0.29, 0.717) is 5.11 Å². The van der Waals surface area contributed by atoms with Crippen molar-refractivity contribution in [2.45, 2.75) is 46.7 Å². The molecule has 6 nitrogen and oxygen atoms in total. The van der Waals surface area contributed by atoms with E-state index in [-0.39, 0.29) is 23.9 Å². The first-order valence-electron chi connectivity index (χ1n) is 10.8. The number of aromatic amines is 1. The zero-order valence-electron chi connectivity index (χ0n) is 19.1. The second-order valence-corrected chi connectivity index (χ2v) is 9.06. The second-order valence-electron chi connectivity index (χ2n) is 8.67. The molecule has 3 heterocycles. The number of benzene rings is 1. The highest BCUT2D eigenvalue weighted by Crippen LogP contribution is 2.43. The van der Waals surface area contributed by atoms with E-state index >= 15 is 0 Å². The van der Waals surface area contributed by atoms with Gasteiger partial charge in [0.1, 0.15) is 0 Å². The SMILES string of the molecule is Cc1cc([C@@H]2[C@H](c3ccccn3)NC(=S)N2c2ccc(NC(=O)C(C)C)c(C)c2)c(C)[nH]1. The fraction of sp³-hybridized carbons (Fsp3) is 0.320. The van der Waals surface area contributed by atoms with Crippen LogP contribution in [0.15, 0.2) is 48.7 Å². The Bertz CT molecular complexity index is 1150. The average molecular weight is 448 g/mol. The van der Waals surface area contributed by atoms with E-state index in [2.05, 4.69) is 51.5 Å². The van der Waals surface area contributed by atoms with Crippen molar-refractivity contribution in [2.24, 2.45) is 5.92 Å². The third kappa shape index (κ3) is 4.12. The zero-order chi connectivity index (χ0) is 23.0. The van der Waals surface area contributed by atoms with Gasteiger partial charge in [-0.05, 0) is 80.5 Å². The first-order valence-corrected chi connectivity index (χ1v) is 11.3. The number of carbonyl (C=O) groups is 1. The van der Waals surface area contributed by atoms with Crippen molar-refractivity contribution in [3.8, 4) is 0 Å². The molecule has 3 N–H and O–H groups in total. The van der Waals surface area contributed by atoms with Crippen LogP contribution in [0.4, 0.5) is 11.4 Å². The van der Waals surface area contributed by atoms with Crippen LogP contribution in [-0.4, -0.2) is 21.0 Å². The Morgan fingerprint density at radius 2 is 1.94 bits per heavy atom. The smallest absolute Gasteiger partial charge is 0.226 e. The van der Waals surface area contributed by atoms with Gasteiger partial charge >= 0.3 is 0 Å². The van der Waals surface area contributed by atoms with Gasteiger partial charge in [-0.3, -0.25) is 9.78 Å². The minimum Gasteiger partial charge on any atom is -0.362 e. The maximum Gasteiger partial charge on any atom is 0.226 e. The fourth-order valence-corrected chi connectivity index (χ4v) is 4.56. The lowest BCUT2D eigenvalue weighted by molar-refractivity contribution is -0.118. The van der Waals surface area contributed by atoms with Gasteiger partial charge in [0.25, 0.3) is 0 Å².